The highest BCUT2D eigenvalue weighted by molar-refractivity contribution is 7.99. The van der Waals surface area contributed by atoms with Crippen LogP contribution in [0.2, 0.25) is 0 Å². The number of aliphatic hydroxyl groups excluding tert-OH is 1. The van der Waals surface area contributed by atoms with E-state index in [4.69, 9.17) is 4.74 Å². The summed E-state index contributed by atoms with van der Waals surface area (Å²) in [7, 11) is 0. The molecule has 0 unspecified atom stereocenters. The van der Waals surface area contributed by atoms with Crippen LogP contribution in [0.3, 0.4) is 0 Å². The smallest absolute Gasteiger partial charge is 0.407 e. The molecule has 2 N–H and O–H groups in total. The Morgan fingerprint density at radius 3 is 2.26 bits per heavy atom. The van der Waals surface area contributed by atoms with Gasteiger partial charge in [-0.15, -0.1) is 0 Å². The molecule has 34 heavy (non-hydrogen) atoms. The highest BCUT2D eigenvalue weighted by Gasteiger charge is 2.29. The van der Waals surface area contributed by atoms with Crippen LogP contribution in [0.15, 0.2) is 101 Å². The van der Waals surface area contributed by atoms with Crippen LogP contribution in [0.25, 0.3) is 11.1 Å². The van der Waals surface area contributed by atoms with Crippen molar-refractivity contribution in [1.82, 2.24) is 10.3 Å². The molecular formula is C28H24N2O3S. The molecule has 1 aliphatic carbocycles. The van der Waals surface area contributed by atoms with E-state index in [-0.39, 0.29) is 19.1 Å². The van der Waals surface area contributed by atoms with E-state index in [1.807, 2.05) is 60.7 Å². The number of alkyl carbamates (subject to hydrolysis) is 1. The zero-order valence-corrected chi connectivity index (χ0v) is 19.3. The fourth-order valence-corrected chi connectivity index (χ4v) is 5.31. The minimum absolute atomic E-state index is 0.0256. The van der Waals surface area contributed by atoms with Crippen molar-refractivity contribution >= 4 is 17.9 Å². The molecule has 1 aromatic heterocycles. The predicted octanol–water partition coefficient (Wildman–Crippen LogP) is 5.76. The quantitative estimate of drug-likeness (QED) is 0.361. The summed E-state index contributed by atoms with van der Waals surface area (Å²) in [6, 6.07) is 28.0. The number of benzene rings is 3. The van der Waals surface area contributed by atoms with E-state index >= 15 is 0 Å². The summed E-state index contributed by atoms with van der Waals surface area (Å²) in [5, 5.41) is 13.2. The zero-order chi connectivity index (χ0) is 23.3. The highest BCUT2D eigenvalue weighted by atomic mass is 32.2. The van der Waals surface area contributed by atoms with E-state index in [9.17, 15) is 9.90 Å². The standard InChI is InChI=1S/C28H24N2O3S/c31-17-20-8-1-6-14-26(20)34-27-19(9-7-15-29-27)16-30-28(32)33-18-25-23-12-4-2-10-21(23)22-11-3-5-13-24(22)25/h1-15,25,31H,16-18H2,(H,30,32). The second-order valence-corrected chi connectivity index (χ2v) is 9.05. The molecule has 0 aliphatic heterocycles. The number of pyridine rings is 1. The Labute approximate surface area is 202 Å². The first-order chi connectivity index (χ1) is 16.7. The summed E-state index contributed by atoms with van der Waals surface area (Å²) < 4.78 is 5.65. The summed E-state index contributed by atoms with van der Waals surface area (Å²) in [6.45, 7) is 0.538. The number of aromatic nitrogens is 1. The average molecular weight is 469 g/mol. The molecule has 0 saturated heterocycles. The maximum atomic E-state index is 12.6. The van der Waals surface area contributed by atoms with Gasteiger partial charge in [-0.3, -0.25) is 0 Å². The average Bonchev–Trinajstić information content (AvgIpc) is 3.21. The number of carbonyl (C=O) groups is 1. The Balaban J connectivity index is 1.23. The van der Waals surface area contributed by atoms with Gasteiger partial charge in [0.1, 0.15) is 11.6 Å². The van der Waals surface area contributed by atoms with Crippen molar-refractivity contribution in [2.75, 3.05) is 6.61 Å². The lowest BCUT2D eigenvalue weighted by atomic mass is 9.98. The normalized spacial score (nSPS) is 12.1. The van der Waals surface area contributed by atoms with Gasteiger partial charge in [0.15, 0.2) is 0 Å². The number of amides is 1. The Kier molecular flexibility index (Phi) is 6.60. The summed E-state index contributed by atoms with van der Waals surface area (Å²) in [6.07, 6.45) is 1.26. The van der Waals surface area contributed by atoms with Crippen molar-refractivity contribution in [3.63, 3.8) is 0 Å². The van der Waals surface area contributed by atoms with Crippen LogP contribution in [-0.4, -0.2) is 22.8 Å². The number of fused-ring (bicyclic) bond motifs is 3. The van der Waals surface area contributed by atoms with E-state index in [1.54, 1.807) is 6.20 Å². The summed E-state index contributed by atoms with van der Waals surface area (Å²) in [5.41, 5.74) is 6.50. The van der Waals surface area contributed by atoms with Crippen LogP contribution in [0.5, 0.6) is 0 Å². The van der Waals surface area contributed by atoms with Gasteiger partial charge in [0.2, 0.25) is 0 Å². The third-order valence-corrected chi connectivity index (χ3v) is 7.15. The van der Waals surface area contributed by atoms with Crippen LogP contribution in [0.1, 0.15) is 28.2 Å². The molecule has 170 valence electrons. The molecule has 4 aromatic rings. The first kappa shape index (κ1) is 22.2. The van der Waals surface area contributed by atoms with Crippen molar-refractivity contribution in [3.8, 4) is 11.1 Å². The van der Waals surface area contributed by atoms with Gasteiger partial charge >= 0.3 is 6.09 Å². The number of aliphatic hydroxyl groups is 1. The minimum atomic E-state index is -0.461. The van der Waals surface area contributed by atoms with E-state index in [2.05, 4.69) is 34.6 Å². The second kappa shape index (κ2) is 10.1. The first-order valence-corrected chi connectivity index (χ1v) is 12.0. The Morgan fingerprint density at radius 2 is 1.53 bits per heavy atom. The maximum Gasteiger partial charge on any atom is 0.407 e. The number of carbonyl (C=O) groups excluding carboxylic acids is 1. The van der Waals surface area contributed by atoms with Crippen LogP contribution in [-0.2, 0) is 17.9 Å². The number of nitrogens with zero attached hydrogens (tertiary/aromatic N) is 1. The molecule has 0 spiro atoms. The van der Waals surface area contributed by atoms with Gasteiger partial charge in [-0.1, -0.05) is 84.6 Å². The zero-order valence-electron chi connectivity index (χ0n) is 18.5. The molecule has 1 aliphatic rings. The van der Waals surface area contributed by atoms with Crippen LogP contribution >= 0.6 is 11.8 Å². The first-order valence-electron chi connectivity index (χ1n) is 11.1. The van der Waals surface area contributed by atoms with E-state index < -0.39 is 6.09 Å². The third kappa shape index (κ3) is 4.55. The number of nitrogens with one attached hydrogen (secondary N) is 1. The summed E-state index contributed by atoms with van der Waals surface area (Å²) in [4.78, 5) is 18.0. The van der Waals surface area contributed by atoms with Crippen molar-refractivity contribution in [2.24, 2.45) is 0 Å². The topological polar surface area (TPSA) is 71.5 Å². The van der Waals surface area contributed by atoms with E-state index in [0.29, 0.717) is 6.54 Å². The van der Waals surface area contributed by atoms with Gasteiger partial charge in [0, 0.05) is 29.1 Å². The minimum Gasteiger partial charge on any atom is -0.449 e. The number of hydrogen-bond donors (Lipinski definition) is 2. The molecule has 1 amide bonds. The van der Waals surface area contributed by atoms with Gasteiger partial charge < -0.3 is 15.2 Å². The Hall–Kier alpha value is -3.61. The number of hydrogen-bond acceptors (Lipinski definition) is 5. The molecule has 5 rings (SSSR count). The van der Waals surface area contributed by atoms with Crippen LogP contribution in [0, 0.1) is 0 Å². The predicted molar refractivity (Wildman–Crippen MR) is 133 cm³/mol. The Morgan fingerprint density at radius 1 is 0.882 bits per heavy atom. The fourth-order valence-electron chi connectivity index (χ4n) is 4.31. The van der Waals surface area contributed by atoms with Gasteiger partial charge in [-0.05, 0) is 39.9 Å². The lowest BCUT2D eigenvalue weighted by Gasteiger charge is -2.15. The molecule has 1 heterocycles. The van der Waals surface area contributed by atoms with Crippen LogP contribution in [0.4, 0.5) is 4.79 Å². The molecule has 0 atom stereocenters. The molecule has 0 saturated carbocycles. The van der Waals surface area contributed by atoms with E-state index in [1.165, 1.54) is 34.0 Å². The summed E-state index contributed by atoms with van der Waals surface area (Å²) in [5.74, 6) is 0.0256. The largest absolute Gasteiger partial charge is 0.449 e. The lowest BCUT2D eigenvalue weighted by Crippen LogP contribution is -2.26. The van der Waals surface area contributed by atoms with Crippen molar-refractivity contribution in [1.29, 1.82) is 0 Å². The fraction of sp³-hybridized carbons (Fsp3) is 0.143. The van der Waals surface area contributed by atoms with Crippen LogP contribution < -0.4 is 5.32 Å². The van der Waals surface area contributed by atoms with Gasteiger partial charge in [-0.25, -0.2) is 9.78 Å². The third-order valence-electron chi connectivity index (χ3n) is 5.97. The highest BCUT2D eigenvalue weighted by Crippen LogP contribution is 2.44. The number of ether oxygens (including phenoxy) is 1. The second-order valence-electron chi connectivity index (χ2n) is 8.01. The van der Waals surface area contributed by atoms with Gasteiger partial charge in [0.05, 0.1) is 6.61 Å². The van der Waals surface area contributed by atoms with Crippen molar-refractivity contribution < 1.29 is 14.6 Å². The molecular weight excluding hydrogens is 444 g/mol. The van der Waals surface area contributed by atoms with Gasteiger partial charge in [-0.2, -0.15) is 0 Å². The number of rotatable bonds is 7. The lowest BCUT2D eigenvalue weighted by molar-refractivity contribution is 0.142. The maximum absolute atomic E-state index is 12.6. The molecule has 0 radical (unpaired) electrons. The SMILES string of the molecule is O=C(NCc1cccnc1Sc1ccccc1CO)OCC1c2ccccc2-c2ccccc21. The van der Waals surface area contributed by atoms with Crippen molar-refractivity contribution in [2.45, 2.75) is 29.0 Å². The molecule has 0 bridgehead atoms. The molecule has 5 nitrogen and oxygen atoms in total. The van der Waals surface area contributed by atoms with Crippen molar-refractivity contribution in [3.05, 3.63) is 113 Å². The molecule has 0 fully saturated rings. The summed E-state index contributed by atoms with van der Waals surface area (Å²) >= 11 is 1.47. The van der Waals surface area contributed by atoms with E-state index in [0.717, 1.165) is 21.0 Å². The van der Waals surface area contributed by atoms with Gasteiger partial charge in [0.25, 0.3) is 0 Å². The monoisotopic (exact) mass is 468 g/mol. The molecule has 3 aromatic carbocycles. The Bertz CT molecular complexity index is 1280. The molecule has 6 heteroatoms.